The van der Waals surface area contributed by atoms with Gasteiger partial charge in [-0.1, -0.05) is 29.8 Å². The maximum atomic E-state index is 12.6. The number of anilines is 1. The van der Waals surface area contributed by atoms with Crippen LogP contribution in [-0.2, 0) is 19.1 Å². The van der Waals surface area contributed by atoms with E-state index in [1.165, 1.54) is 19.3 Å². The molecule has 0 spiro atoms. The van der Waals surface area contributed by atoms with Gasteiger partial charge in [0.2, 0.25) is 0 Å². The second kappa shape index (κ2) is 11.6. The fraction of sp³-hybridized carbons (Fsp3) is 0.217. The highest BCUT2D eigenvalue weighted by Gasteiger charge is 2.36. The van der Waals surface area contributed by atoms with E-state index in [1.807, 2.05) is 6.07 Å². The fourth-order valence-electron chi connectivity index (χ4n) is 2.94. The SMILES string of the molecule is CCOC(=O)CN1C(=O)S/C(=C\c2cc(Cl)c(OCC(=O)Nc3ccccc3)c(OC)c2)C1=O. The molecule has 0 saturated carbocycles. The normalized spacial score (nSPS) is 14.3. The number of hydrogen-bond acceptors (Lipinski definition) is 8. The molecule has 0 bridgehead atoms. The topological polar surface area (TPSA) is 111 Å². The molecule has 34 heavy (non-hydrogen) atoms. The third kappa shape index (κ3) is 6.30. The number of carbonyl (C=O) groups excluding carboxylic acids is 4. The molecule has 1 heterocycles. The van der Waals surface area contributed by atoms with Gasteiger partial charge < -0.3 is 19.5 Å². The molecule has 178 valence electrons. The lowest BCUT2D eigenvalue weighted by Gasteiger charge is -2.13. The van der Waals surface area contributed by atoms with Gasteiger partial charge in [0.25, 0.3) is 17.1 Å². The van der Waals surface area contributed by atoms with Crippen molar-refractivity contribution in [3.63, 3.8) is 0 Å². The van der Waals surface area contributed by atoms with E-state index in [0.29, 0.717) is 23.0 Å². The first kappa shape index (κ1) is 25.1. The number of halogens is 1. The predicted octanol–water partition coefficient (Wildman–Crippen LogP) is 3.97. The highest BCUT2D eigenvalue weighted by Crippen LogP contribution is 2.39. The summed E-state index contributed by atoms with van der Waals surface area (Å²) in [6, 6.07) is 12.0. The molecule has 1 N–H and O–H groups in total. The molecular weight excluding hydrogens is 484 g/mol. The molecule has 3 rings (SSSR count). The summed E-state index contributed by atoms with van der Waals surface area (Å²) in [4.78, 5) is 49.5. The van der Waals surface area contributed by atoms with Gasteiger partial charge in [-0.05, 0) is 54.6 Å². The Bertz CT molecular complexity index is 1140. The van der Waals surface area contributed by atoms with Gasteiger partial charge in [0.1, 0.15) is 6.54 Å². The summed E-state index contributed by atoms with van der Waals surface area (Å²) in [5, 5.41) is 2.26. The summed E-state index contributed by atoms with van der Waals surface area (Å²) in [5.74, 6) is -1.29. The summed E-state index contributed by atoms with van der Waals surface area (Å²) in [6.45, 7) is 1.01. The lowest BCUT2D eigenvalue weighted by molar-refractivity contribution is -0.146. The van der Waals surface area contributed by atoms with Crippen LogP contribution in [0.25, 0.3) is 6.08 Å². The number of para-hydroxylation sites is 1. The van der Waals surface area contributed by atoms with Gasteiger partial charge in [-0.25, -0.2) is 0 Å². The minimum Gasteiger partial charge on any atom is -0.493 e. The van der Waals surface area contributed by atoms with Crippen LogP contribution in [0.2, 0.25) is 5.02 Å². The molecule has 1 aliphatic rings. The minimum atomic E-state index is -0.673. The molecule has 2 aromatic rings. The van der Waals surface area contributed by atoms with Crippen molar-refractivity contribution in [2.75, 3.05) is 32.2 Å². The number of methoxy groups -OCH3 is 1. The Morgan fingerprint density at radius 2 is 1.91 bits per heavy atom. The molecule has 2 aromatic carbocycles. The van der Waals surface area contributed by atoms with E-state index in [4.69, 9.17) is 25.8 Å². The Kier molecular flexibility index (Phi) is 8.55. The second-order valence-corrected chi connectivity index (χ2v) is 8.21. The van der Waals surface area contributed by atoms with Crippen LogP contribution in [0, 0.1) is 0 Å². The van der Waals surface area contributed by atoms with Crippen molar-refractivity contribution < 1.29 is 33.4 Å². The van der Waals surface area contributed by atoms with Gasteiger partial charge in [0.05, 0.1) is 23.6 Å². The van der Waals surface area contributed by atoms with Crippen LogP contribution in [-0.4, -0.2) is 54.8 Å². The maximum Gasteiger partial charge on any atom is 0.326 e. The van der Waals surface area contributed by atoms with Crippen LogP contribution in [0.4, 0.5) is 10.5 Å². The first-order valence-corrected chi connectivity index (χ1v) is 11.3. The first-order valence-electron chi connectivity index (χ1n) is 10.1. The number of rotatable bonds is 9. The number of amides is 3. The highest BCUT2D eigenvalue weighted by molar-refractivity contribution is 8.18. The van der Waals surface area contributed by atoms with E-state index in [-0.39, 0.29) is 40.5 Å². The third-order valence-electron chi connectivity index (χ3n) is 4.42. The number of carbonyl (C=O) groups is 4. The van der Waals surface area contributed by atoms with E-state index in [2.05, 4.69) is 5.32 Å². The summed E-state index contributed by atoms with van der Waals surface area (Å²) < 4.78 is 15.7. The molecule has 0 unspecified atom stereocenters. The largest absolute Gasteiger partial charge is 0.493 e. The number of nitrogens with zero attached hydrogens (tertiary/aromatic N) is 1. The van der Waals surface area contributed by atoms with Crippen molar-refractivity contribution in [3.05, 3.63) is 58.0 Å². The molecule has 1 saturated heterocycles. The molecule has 0 atom stereocenters. The van der Waals surface area contributed by atoms with Crippen molar-refractivity contribution in [1.82, 2.24) is 4.90 Å². The van der Waals surface area contributed by atoms with E-state index in [0.717, 1.165) is 4.90 Å². The Morgan fingerprint density at radius 3 is 2.59 bits per heavy atom. The Labute approximate surface area is 205 Å². The van der Waals surface area contributed by atoms with E-state index < -0.39 is 23.7 Å². The van der Waals surface area contributed by atoms with Crippen molar-refractivity contribution in [3.8, 4) is 11.5 Å². The van der Waals surface area contributed by atoms with Crippen molar-refractivity contribution in [1.29, 1.82) is 0 Å². The molecule has 0 radical (unpaired) electrons. The number of ether oxygens (including phenoxy) is 3. The van der Waals surface area contributed by atoms with Gasteiger partial charge in [0.15, 0.2) is 18.1 Å². The average Bonchev–Trinajstić information content (AvgIpc) is 3.06. The Balaban J connectivity index is 1.72. The number of esters is 1. The van der Waals surface area contributed by atoms with Crippen LogP contribution in [0.15, 0.2) is 47.4 Å². The zero-order valence-electron chi connectivity index (χ0n) is 18.3. The zero-order chi connectivity index (χ0) is 24.7. The predicted molar refractivity (Wildman–Crippen MR) is 128 cm³/mol. The first-order chi connectivity index (χ1) is 16.3. The van der Waals surface area contributed by atoms with Gasteiger partial charge in [-0.2, -0.15) is 0 Å². The standard InChI is InChI=1S/C23H21ClN2O7S/c1-3-32-20(28)12-26-22(29)18(34-23(26)30)11-14-9-16(24)21(17(10-14)31-2)33-13-19(27)25-15-7-5-4-6-8-15/h4-11H,3,12-13H2,1-2H3,(H,25,27)/b18-11-. The molecule has 0 aliphatic carbocycles. The summed E-state index contributed by atoms with van der Waals surface area (Å²) in [6.07, 6.45) is 1.45. The number of imide groups is 1. The van der Waals surface area contributed by atoms with Crippen LogP contribution >= 0.6 is 23.4 Å². The maximum absolute atomic E-state index is 12.6. The molecule has 1 aliphatic heterocycles. The number of hydrogen-bond donors (Lipinski definition) is 1. The zero-order valence-corrected chi connectivity index (χ0v) is 19.9. The van der Waals surface area contributed by atoms with E-state index in [9.17, 15) is 19.2 Å². The molecule has 1 fully saturated rings. The number of benzene rings is 2. The third-order valence-corrected chi connectivity index (χ3v) is 5.61. The van der Waals surface area contributed by atoms with Gasteiger partial charge in [0, 0.05) is 5.69 Å². The van der Waals surface area contributed by atoms with Crippen molar-refractivity contribution >= 4 is 58.1 Å². The molecule has 0 aromatic heterocycles. The molecular formula is C23H21ClN2O7S. The highest BCUT2D eigenvalue weighted by atomic mass is 35.5. The summed E-state index contributed by atoms with van der Waals surface area (Å²) >= 11 is 7.04. The van der Waals surface area contributed by atoms with Crippen molar-refractivity contribution in [2.45, 2.75) is 6.92 Å². The average molecular weight is 505 g/mol. The number of thioether (sulfide) groups is 1. The molecule has 3 amide bonds. The van der Waals surface area contributed by atoms with Crippen LogP contribution in [0.1, 0.15) is 12.5 Å². The summed E-state index contributed by atoms with van der Waals surface area (Å²) in [5.41, 5.74) is 1.09. The van der Waals surface area contributed by atoms with Crippen LogP contribution in [0.5, 0.6) is 11.5 Å². The van der Waals surface area contributed by atoms with Crippen LogP contribution < -0.4 is 14.8 Å². The van der Waals surface area contributed by atoms with E-state index in [1.54, 1.807) is 37.3 Å². The van der Waals surface area contributed by atoms with Crippen LogP contribution in [0.3, 0.4) is 0 Å². The smallest absolute Gasteiger partial charge is 0.326 e. The molecule has 11 heteroatoms. The Hall–Kier alpha value is -3.50. The fourth-order valence-corrected chi connectivity index (χ4v) is 4.05. The lowest BCUT2D eigenvalue weighted by atomic mass is 10.1. The summed E-state index contributed by atoms with van der Waals surface area (Å²) in [7, 11) is 1.40. The van der Waals surface area contributed by atoms with Gasteiger partial charge in [-0.3, -0.25) is 24.1 Å². The number of nitrogens with one attached hydrogen (secondary N) is 1. The van der Waals surface area contributed by atoms with Gasteiger partial charge in [-0.15, -0.1) is 0 Å². The van der Waals surface area contributed by atoms with Gasteiger partial charge >= 0.3 is 5.97 Å². The lowest BCUT2D eigenvalue weighted by Crippen LogP contribution is -2.34. The molecule has 9 nitrogen and oxygen atoms in total. The van der Waals surface area contributed by atoms with E-state index >= 15 is 0 Å². The second-order valence-electron chi connectivity index (χ2n) is 6.81. The monoisotopic (exact) mass is 504 g/mol. The Morgan fingerprint density at radius 1 is 1.18 bits per heavy atom. The van der Waals surface area contributed by atoms with Crippen molar-refractivity contribution in [2.24, 2.45) is 0 Å². The minimum absolute atomic E-state index is 0.114. The quantitative estimate of drug-likeness (QED) is 0.403.